The van der Waals surface area contributed by atoms with Crippen LogP contribution in [0.1, 0.15) is 51.7 Å². The summed E-state index contributed by atoms with van der Waals surface area (Å²) in [6.45, 7) is 17.2. The molecule has 17 heavy (non-hydrogen) atoms. The van der Waals surface area contributed by atoms with Gasteiger partial charge in [-0.2, -0.15) is 0 Å². The quantitative estimate of drug-likeness (QED) is 0.764. The molecule has 0 bridgehead atoms. The van der Waals surface area contributed by atoms with Gasteiger partial charge in [0.1, 0.15) is 0 Å². The highest BCUT2D eigenvalue weighted by atomic mass is 14.9. The van der Waals surface area contributed by atoms with Crippen LogP contribution in [0.3, 0.4) is 0 Å². The monoisotopic (exact) mass is 231 g/mol. The predicted octanol–water partition coefficient (Wildman–Crippen LogP) is 5.09. The zero-order valence-corrected chi connectivity index (χ0v) is 12.0. The van der Waals surface area contributed by atoms with Gasteiger partial charge in [0.2, 0.25) is 0 Å². The molecule has 1 aromatic carbocycles. The van der Waals surface area contributed by atoms with Gasteiger partial charge >= 0.3 is 0 Å². The lowest BCUT2D eigenvalue weighted by atomic mass is 9.92. The lowest BCUT2D eigenvalue weighted by Gasteiger charge is -2.24. The maximum atomic E-state index is 4.11. The van der Waals surface area contributed by atoms with Gasteiger partial charge in [-0.15, -0.1) is 0 Å². The van der Waals surface area contributed by atoms with Crippen molar-refractivity contribution in [2.75, 3.05) is 5.32 Å². The van der Waals surface area contributed by atoms with Gasteiger partial charge < -0.3 is 5.32 Å². The maximum Gasteiger partial charge on any atom is 0.0411 e. The highest BCUT2D eigenvalue weighted by Crippen LogP contribution is 2.28. The molecule has 0 fully saturated rings. The normalized spacial score (nSPS) is 11.7. The van der Waals surface area contributed by atoms with Gasteiger partial charge in [-0.05, 0) is 30.0 Å². The standard InChI is InChI=1S/C16H25N/c1-11(2)14-8-9-15(12(3)10-14)17-13(4)16(5,6)7/h8-11,17H,4H2,1-3,5-7H3. The van der Waals surface area contributed by atoms with E-state index in [1.54, 1.807) is 0 Å². The smallest absolute Gasteiger partial charge is 0.0411 e. The van der Waals surface area contributed by atoms with Crippen molar-refractivity contribution in [2.24, 2.45) is 5.41 Å². The van der Waals surface area contributed by atoms with E-state index >= 15 is 0 Å². The van der Waals surface area contributed by atoms with E-state index in [9.17, 15) is 0 Å². The second kappa shape index (κ2) is 4.95. The molecule has 0 aliphatic carbocycles. The van der Waals surface area contributed by atoms with E-state index in [1.165, 1.54) is 11.1 Å². The fourth-order valence-corrected chi connectivity index (χ4v) is 1.54. The number of nitrogens with one attached hydrogen (secondary N) is 1. The molecule has 0 aliphatic heterocycles. The van der Waals surface area contributed by atoms with Crippen molar-refractivity contribution in [1.29, 1.82) is 0 Å². The lowest BCUT2D eigenvalue weighted by Crippen LogP contribution is -2.16. The molecule has 94 valence electrons. The van der Waals surface area contributed by atoms with Crippen LogP contribution in [0.5, 0.6) is 0 Å². The van der Waals surface area contributed by atoms with E-state index in [4.69, 9.17) is 0 Å². The van der Waals surface area contributed by atoms with E-state index in [-0.39, 0.29) is 5.41 Å². The summed E-state index contributed by atoms with van der Waals surface area (Å²) in [4.78, 5) is 0. The summed E-state index contributed by atoms with van der Waals surface area (Å²) < 4.78 is 0. The summed E-state index contributed by atoms with van der Waals surface area (Å²) in [7, 11) is 0. The van der Waals surface area contributed by atoms with Crippen LogP contribution >= 0.6 is 0 Å². The zero-order chi connectivity index (χ0) is 13.2. The first-order valence-electron chi connectivity index (χ1n) is 6.28. The molecule has 1 nitrogen and oxygen atoms in total. The second-order valence-corrected chi connectivity index (χ2v) is 6.08. The summed E-state index contributed by atoms with van der Waals surface area (Å²) in [6.07, 6.45) is 0. The largest absolute Gasteiger partial charge is 0.359 e. The molecule has 0 atom stereocenters. The van der Waals surface area contributed by atoms with E-state index in [0.29, 0.717) is 5.92 Å². The molecule has 1 N–H and O–H groups in total. The van der Waals surface area contributed by atoms with Crippen molar-refractivity contribution in [3.05, 3.63) is 41.6 Å². The van der Waals surface area contributed by atoms with Gasteiger partial charge in [0, 0.05) is 16.8 Å². The average Bonchev–Trinajstić information content (AvgIpc) is 2.19. The average molecular weight is 231 g/mol. The summed E-state index contributed by atoms with van der Waals surface area (Å²) in [6, 6.07) is 6.60. The van der Waals surface area contributed by atoms with Crippen molar-refractivity contribution in [2.45, 2.75) is 47.5 Å². The second-order valence-electron chi connectivity index (χ2n) is 6.08. The van der Waals surface area contributed by atoms with E-state index in [1.807, 2.05) is 0 Å². The molecular formula is C16H25N. The summed E-state index contributed by atoms with van der Waals surface area (Å²) in [5.41, 5.74) is 4.96. The van der Waals surface area contributed by atoms with Crippen molar-refractivity contribution < 1.29 is 0 Å². The minimum Gasteiger partial charge on any atom is -0.359 e. The van der Waals surface area contributed by atoms with Crippen molar-refractivity contribution >= 4 is 5.69 Å². The van der Waals surface area contributed by atoms with Crippen LogP contribution in [0.4, 0.5) is 5.69 Å². The highest BCUT2D eigenvalue weighted by molar-refractivity contribution is 5.56. The Kier molecular flexibility index (Phi) is 4.03. The Hall–Kier alpha value is -1.24. The topological polar surface area (TPSA) is 12.0 Å². The minimum atomic E-state index is 0.0865. The van der Waals surface area contributed by atoms with Crippen LogP contribution in [0, 0.1) is 12.3 Å². The Morgan fingerprint density at radius 3 is 2.24 bits per heavy atom. The fraction of sp³-hybridized carbons (Fsp3) is 0.500. The number of hydrogen-bond acceptors (Lipinski definition) is 1. The van der Waals surface area contributed by atoms with Crippen LogP contribution in [-0.4, -0.2) is 0 Å². The SMILES string of the molecule is C=C(Nc1ccc(C(C)C)cc1C)C(C)(C)C. The molecule has 0 aromatic heterocycles. The van der Waals surface area contributed by atoms with Gasteiger partial charge in [-0.1, -0.05) is 53.3 Å². The highest BCUT2D eigenvalue weighted by Gasteiger charge is 2.15. The fourth-order valence-electron chi connectivity index (χ4n) is 1.54. The minimum absolute atomic E-state index is 0.0865. The molecule has 0 spiro atoms. The van der Waals surface area contributed by atoms with Gasteiger partial charge in [0.05, 0.1) is 0 Å². The van der Waals surface area contributed by atoms with Crippen LogP contribution < -0.4 is 5.32 Å². The Morgan fingerprint density at radius 1 is 1.24 bits per heavy atom. The zero-order valence-electron chi connectivity index (χ0n) is 12.0. The van der Waals surface area contributed by atoms with Crippen LogP contribution in [0.25, 0.3) is 0 Å². The summed E-state index contributed by atoms with van der Waals surface area (Å²) >= 11 is 0. The Labute approximate surface area is 106 Å². The number of hydrogen-bond donors (Lipinski definition) is 1. The van der Waals surface area contributed by atoms with Gasteiger partial charge in [-0.25, -0.2) is 0 Å². The van der Waals surface area contributed by atoms with Crippen LogP contribution in [-0.2, 0) is 0 Å². The molecule has 0 aliphatic rings. The van der Waals surface area contributed by atoms with Crippen molar-refractivity contribution in [1.82, 2.24) is 0 Å². The molecule has 0 saturated heterocycles. The first-order valence-corrected chi connectivity index (χ1v) is 6.28. The molecular weight excluding hydrogens is 206 g/mol. The molecule has 0 radical (unpaired) electrons. The molecule has 1 heteroatoms. The van der Waals surface area contributed by atoms with Gasteiger partial charge in [-0.3, -0.25) is 0 Å². The molecule has 0 saturated carbocycles. The lowest BCUT2D eigenvalue weighted by molar-refractivity contribution is 0.509. The maximum absolute atomic E-state index is 4.11. The third kappa shape index (κ3) is 3.62. The van der Waals surface area contributed by atoms with Gasteiger partial charge in [0.15, 0.2) is 0 Å². The molecule has 0 amide bonds. The van der Waals surface area contributed by atoms with Crippen LogP contribution in [0.2, 0.25) is 0 Å². The molecule has 0 unspecified atom stereocenters. The number of allylic oxidation sites excluding steroid dienone is 1. The first-order chi connectivity index (χ1) is 7.71. The Morgan fingerprint density at radius 2 is 1.82 bits per heavy atom. The number of aryl methyl sites for hydroxylation is 1. The first kappa shape index (κ1) is 13.8. The van der Waals surface area contributed by atoms with Crippen LogP contribution in [0.15, 0.2) is 30.5 Å². The van der Waals surface area contributed by atoms with E-state index in [2.05, 4.69) is 71.6 Å². The molecule has 1 rings (SSSR count). The Balaban J connectivity index is 2.91. The Bertz CT molecular complexity index is 408. The van der Waals surface area contributed by atoms with Crippen molar-refractivity contribution in [3.63, 3.8) is 0 Å². The summed E-state index contributed by atoms with van der Waals surface area (Å²) in [5.74, 6) is 0.577. The predicted molar refractivity (Wildman–Crippen MR) is 77.5 cm³/mol. The number of benzene rings is 1. The van der Waals surface area contributed by atoms with E-state index < -0.39 is 0 Å². The molecule has 1 aromatic rings. The third-order valence-corrected chi connectivity index (χ3v) is 3.11. The third-order valence-electron chi connectivity index (χ3n) is 3.11. The molecule has 0 heterocycles. The van der Waals surface area contributed by atoms with Gasteiger partial charge in [0.25, 0.3) is 0 Å². The number of rotatable bonds is 3. The van der Waals surface area contributed by atoms with Crippen molar-refractivity contribution in [3.8, 4) is 0 Å². The number of anilines is 1. The van der Waals surface area contributed by atoms with E-state index in [0.717, 1.165) is 11.4 Å². The summed E-state index contributed by atoms with van der Waals surface area (Å²) in [5, 5.41) is 3.42.